The van der Waals surface area contributed by atoms with Gasteiger partial charge >= 0.3 is 0 Å². The predicted octanol–water partition coefficient (Wildman–Crippen LogP) is -0.474. The standard InChI is InChI=1S/C12H26N4/c1-11-8-13-4-5-16(11)10-12-9-14(2)6-7-15(12)3/h11-13H,4-10H2,1-3H3. The second kappa shape index (κ2) is 5.45. The van der Waals surface area contributed by atoms with E-state index in [4.69, 9.17) is 0 Å². The SMILES string of the molecule is CC1CNCCN1CC1CN(C)CCN1C. The summed E-state index contributed by atoms with van der Waals surface area (Å²) in [7, 11) is 4.51. The molecule has 4 nitrogen and oxygen atoms in total. The Morgan fingerprint density at radius 2 is 2.00 bits per heavy atom. The normalized spacial score (nSPS) is 35.4. The fourth-order valence-corrected chi connectivity index (χ4v) is 2.72. The monoisotopic (exact) mass is 226 g/mol. The lowest BCUT2D eigenvalue weighted by Crippen LogP contribution is -2.58. The van der Waals surface area contributed by atoms with Gasteiger partial charge < -0.3 is 10.2 Å². The first kappa shape index (κ1) is 12.3. The fraction of sp³-hybridized carbons (Fsp3) is 1.00. The summed E-state index contributed by atoms with van der Waals surface area (Å²) in [4.78, 5) is 7.61. The van der Waals surface area contributed by atoms with Gasteiger partial charge in [-0.1, -0.05) is 0 Å². The highest BCUT2D eigenvalue weighted by Gasteiger charge is 2.27. The summed E-state index contributed by atoms with van der Waals surface area (Å²) >= 11 is 0. The minimum absolute atomic E-state index is 0.689. The molecule has 2 unspecified atom stereocenters. The Morgan fingerprint density at radius 1 is 1.19 bits per heavy atom. The molecule has 0 aromatic rings. The van der Waals surface area contributed by atoms with Crippen molar-refractivity contribution in [3.05, 3.63) is 0 Å². The van der Waals surface area contributed by atoms with Gasteiger partial charge in [0.05, 0.1) is 0 Å². The molecular formula is C12H26N4. The second-order valence-electron chi connectivity index (χ2n) is 5.44. The van der Waals surface area contributed by atoms with E-state index in [0.29, 0.717) is 12.1 Å². The smallest absolute Gasteiger partial charge is 0.0347 e. The first-order valence-corrected chi connectivity index (χ1v) is 6.50. The van der Waals surface area contributed by atoms with Crippen molar-refractivity contribution in [3.8, 4) is 0 Å². The minimum atomic E-state index is 0.689. The van der Waals surface area contributed by atoms with E-state index in [1.54, 1.807) is 0 Å². The molecule has 2 saturated heterocycles. The van der Waals surface area contributed by atoms with Crippen molar-refractivity contribution in [2.45, 2.75) is 19.0 Å². The average molecular weight is 226 g/mol. The number of rotatable bonds is 2. The lowest BCUT2D eigenvalue weighted by Gasteiger charge is -2.43. The van der Waals surface area contributed by atoms with E-state index in [9.17, 15) is 0 Å². The van der Waals surface area contributed by atoms with Crippen molar-refractivity contribution in [2.75, 3.05) is 59.9 Å². The molecule has 2 aliphatic rings. The number of piperazine rings is 2. The summed E-state index contributed by atoms with van der Waals surface area (Å²) in [6, 6.07) is 1.40. The van der Waals surface area contributed by atoms with E-state index >= 15 is 0 Å². The molecule has 2 atom stereocenters. The van der Waals surface area contributed by atoms with Crippen LogP contribution in [0.1, 0.15) is 6.92 Å². The van der Waals surface area contributed by atoms with Crippen molar-refractivity contribution in [3.63, 3.8) is 0 Å². The van der Waals surface area contributed by atoms with Gasteiger partial charge in [0.1, 0.15) is 0 Å². The molecule has 0 aliphatic carbocycles. The third-order valence-electron chi connectivity index (χ3n) is 4.06. The van der Waals surface area contributed by atoms with Gasteiger partial charge in [0.15, 0.2) is 0 Å². The fourth-order valence-electron chi connectivity index (χ4n) is 2.72. The quantitative estimate of drug-likeness (QED) is 0.687. The van der Waals surface area contributed by atoms with Crippen LogP contribution in [0.5, 0.6) is 0 Å². The van der Waals surface area contributed by atoms with Gasteiger partial charge in [0.25, 0.3) is 0 Å². The Kier molecular flexibility index (Phi) is 4.19. The Labute approximate surface area is 99.6 Å². The molecule has 4 heteroatoms. The molecule has 94 valence electrons. The van der Waals surface area contributed by atoms with E-state index < -0.39 is 0 Å². The molecule has 2 fully saturated rings. The van der Waals surface area contributed by atoms with E-state index in [2.05, 4.69) is 41.0 Å². The maximum atomic E-state index is 3.46. The molecule has 0 saturated carbocycles. The summed E-state index contributed by atoms with van der Waals surface area (Å²) in [6.07, 6.45) is 0. The Hall–Kier alpha value is -0.160. The summed E-state index contributed by atoms with van der Waals surface area (Å²) in [5.41, 5.74) is 0. The molecule has 0 bridgehead atoms. The molecule has 2 heterocycles. The van der Waals surface area contributed by atoms with Gasteiger partial charge in [-0.25, -0.2) is 0 Å². The van der Waals surface area contributed by atoms with E-state index in [1.807, 2.05) is 0 Å². The maximum absolute atomic E-state index is 3.46. The van der Waals surface area contributed by atoms with Gasteiger partial charge in [-0.05, 0) is 21.0 Å². The van der Waals surface area contributed by atoms with Crippen LogP contribution in [0.15, 0.2) is 0 Å². The summed E-state index contributed by atoms with van der Waals surface area (Å²) < 4.78 is 0. The van der Waals surface area contributed by atoms with Crippen molar-refractivity contribution in [2.24, 2.45) is 0 Å². The zero-order valence-corrected chi connectivity index (χ0v) is 10.9. The topological polar surface area (TPSA) is 21.8 Å². The zero-order valence-electron chi connectivity index (χ0n) is 10.9. The average Bonchev–Trinajstić information content (AvgIpc) is 2.27. The molecule has 2 rings (SSSR count). The van der Waals surface area contributed by atoms with Crippen LogP contribution >= 0.6 is 0 Å². The van der Waals surface area contributed by atoms with Crippen LogP contribution in [0.25, 0.3) is 0 Å². The van der Waals surface area contributed by atoms with Gasteiger partial charge in [-0.3, -0.25) is 9.80 Å². The molecule has 0 aromatic heterocycles. The van der Waals surface area contributed by atoms with Crippen LogP contribution in [0, 0.1) is 0 Å². The summed E-state index contributed by atoms with van der Waals surface area (Å²) in [5, 5.41) is 3.46. The first-order valence-electron chi connectivity index (χ1n) is 6.50. The van der Waals surface area contributed by atoms with Crippen LogP contribution in [0.4, 0.5) is 0 Å². The van der Waals surface area contributed by atoms with E-state index in [1.165, 1.54) is 32.7 Å². The third-order valence-corrected chi connectivity index (χ3v) is 4.06. The lowest BCUT2D eigenvalue weighted by molar-refractivity contribution is 0.0628. The Morgan fingerprint density at radius 3 is 2.75 bits per heavy atom. The van der Waals surface area contributed by atoms with Crippen LogP contribution in [0.2, 0.25) is 0 Å². The van der Waals surface area contributed by atoms with Gasteiger partial charge in [-0.15, -0.1) is 0 Å². The first-order chi connectivity index (χ1) is 7.66. The highest BCUT2D eigenvalue weighted by Crippen LogP contribution is 2.10. The Balaban J connectivity index is 1.86. The highest BCUT2D eigenvalue weighted by atomic mass is 15.3. The van der Waals surface area contributed by atoms with Gasteiger partial charge in [0.2, 0.25) is 0 Å². The molecule has 0 aromatic carbocycles. The molecule has 16 heavy (non-hydrogen) atoms. The van der Waals surface area contributed by atoms with E-state index in [-0.39, 0.29) is 0 Å². The molecule has 2 aliphatic heterocycles. The van der Waals surface area contributed by atoms with Gasteiger partial charge in [-0.2, -0.15) is 0 Å². The molecule has 0 amide bonds. The van der Waals surface area contributed by atoms with E-state index in [0.717, 1.165) is 13.1 Å². The van der Waals surface area contributed by atoms with Crippen molar-refractivity contribution in [1.82, 2.24) is 20.0 Å². The number of hydrogen-bond donors (Lipinski definition) is 1. The highest BCUT2D eigenvalue weighted by molar-refractivity contribution is 4.85. The van der Waals surface area contributed by atoms with Gasteiger partial charge in [0, 0.05) is 57.9 Å². The number of nitrogens with zero attached hydrogens (tertiary/aromatic N) is 3. The lowest BCUT2D eigenvalue weighted by atomic mass is 10.1. The summed E-state index contributed by atoms with van der Waals surface area (Å²) in [6.45, 7) is 10.7. The maximum Gasteiger partial charge on any atom is 0.0347 e. The largest absolute Gasteiger partial charge is 0.314 e. The van der Waals surface area contributed by atoms with Crippen LogP contribution in [-0.4, -0.2) is 86.7 Å². The van der Waals surface area contributed by atoms with Crippen LogP contribution in [0.3, 0.4) is 0 Å². The zero-order chi connectivity index (χ0) is 11.5. The van der Waals surface area contributed by atoms with Crippen molar-refractivity contribution in [1.29, 1.82) is 0 Å². The predicted molar refractivity (Wildman–Crippen MR) is 67.8 cm³/mol. The second-order valence-corrected chi connectivity index (χ2v) is 5.44. The minimum Gasteiger partial charge on any atom is -0.314 e. The molecule has 0 spiro atoms. The molecule has 0 radical (unpaired) electrons. The third kappa shape index (κ3) is 2.94. The summed E-state index contributed by atoms with van der Waals surface area (Å²) in [5.74, 6) is 0. The molecule has 1 N–H and O–H groups in total. The van der Waals surface area contributed by atoms with Crippen LogP contribution < -0.4 is 5.32 Å². The van der Waals surface area contributed by atoms with Crippen molar-refractivity contribution < 1.29 is 0 Å². The number of nitrogens with one attached hydrogen (secondary N) is 1. The molecular weight excluding hydrogens is 200 g/mol. The number of hydrogen-bond acceptors (Lipinski definition) is 4. The number of likely N-dealkylation sites (N-methyl/N-ethyl adjacent to an activating group) is 2. The van der Waals surface area contributed by atoms with Crippen molar-refractivity contribution >= 4 is 0 Å². The van der Waals surface area contributed by atoms with Crippen LogP contribution in [-0.2, 0) is 0 Å². The Bertz CT molecular complexity index is 221.